The van der Waals surface area contributed by atoms with Gasteiger partial charge in [0.05, 0.1) is 5.75 Å². The number of nitrogens with zero attached hydrogens (tertiary/aromatic N) is 3. The number of rotatable bonds is 5. The summed E-state index contributed by atoms with van der Waals surface area (Å²) in [6, 6.07) is 9.81. The number of carboxylic acids is 1. The molecule has 0 aliphatic heterocycles. The van der Waals surface area contributed by atoms with Gasteiger partial charge in [0.15, 0.2) is 4.34 Å². The topological polar surface area (TPSA) is 66.3 Å². The average Bonchev–Trinajstić information content (AvgIpc) is 2.85. The summed E-state index contributed by atoms with van der Waals surface area (Å²) < 4.78 is 0.662. The molecule has 5 nitrogen and oxygen atoms in total. The zero-order valence-corrected chi connectivity index (χ0v) is 11.2. The van der Waals surface area contributed by atoms with E-state index in [0.717, 1.165) is 10.8 Å². The van der Waals surface area contributed by atoms with Crippen molar-refractivity contribution in [1.29, 1.82) is 0 Å². The van der Waals surface area contributed by atoms with Crippen LogP contribution < -0.4 is 4.90 Å². The molecule has 7 heteroatoms. The molecule has 0 spiro atoms. The number of hydrogen-bond acceptors (Lipinski definition) is 6. The van der Waals surface area contributed by atoms with Crippen LogP contribution in [0.25, 0.3) is 0 Å². The number of aliphatic carboxylic acids is 1. The van der Waals surface area contributed by atoms with Gasteiger partial charge >= 0.3 is 5.97 Å². The number of aromatic nitrogens is 2. The Morgan fingerprint density at radius 1 is 1.39 bits per heavy atom. The summed E-state index contributed by atoms with van der Waals surface area (Å²) in [6.45, 7) is 0. The molecule has 1 N–H and O–H groups in total. The van der Waals surface area contributed by atoms with E-state index in [0.29, 0.717) is 4.34 Å². The molecule has 1 aromatic carbocycles. The van der Waals surface area contributed by atoms with Crippen LogP contribution in [0.3, 0.4) is 0 Å². The summed E-state index contributed by atoms with van der Waals surface area (Å²) in [5.74, 6) is -0.850. The van der Waals surface area contributed by atoms with E-state index in [-0.39, 0.29) is 5.75 Å². The summed E-state index contributed by atoms with van der Waals surface area (Å²) in [4.78, 5) is 12.4. The van der Waals surface area contributed by atoms with E-state index in [1.165, 1.54) is 23.1 Å². The second-order valence-electron chi connectivity index (χ2n) is 3.43. The Balaban J connectivity index is 2.08. The molecule has 0 aliphatic rings. The van der Waals surface area contributed by atoms with Gasteiger partial charge in [0.25, 0.3) is 0 Å². The zero-order valence-electron chi connectivity index (χ0n) is 9.61. The maximum atomic E-state index is 10.5. The lowest BCUT2D eigenvalue weighted by molar-refractivity contribution is -0.133. The first-order valence-corrected chi connectivity index (χ1v) is 6.94. The molecule has 0 bridgehead atoms. The Kier molecular flexibility index (Phi) is 4.16. The Bertz CT molecular complexity index is 530. The van der Waals surface area contributed by atoms with Crippen LogP contribution in [0, 0.1) is 0 Å². The minimum atomic E-state index is -0.854. The van der Waals surface area contributed by atoms with Crippen molar-refractivity contribution in [2.75, 3.05) is 17.7 Å². The van der Waals surface area contributed by atoms with Crippen molar-refractivity contribution in [2.24, 2.45) is 0 Å². The quantitative estimate of drug-likeness (QED) is 0.849. The monoisotopic (exact) mass is 281 g/mol. The molecule has 18 heavy (non-hydrogen) atoms. The molecule has 94 valence electrons. The Morgan fingerprint density at radius 2 is 2.11 bits per heavy atom. The van der Waals surface area contributed by atoms with Crippen LogP contribution in [0.1, 0.15) is 0 Å². The van der Waals surface area contributed by atoms with Crippen molar-refractivity contribution in [2.45, 2.75) is 4.34 Å². The van der Waals surface area contributed by atoms with Gasteiger partial charge in [-0.25, -0.2) is 0 Å². The standard InChI is InChI=1S/C11H11N3O2S2/c1-14(8-5-3-2-4-6-8)10-12-13-11(18-10)17-7-9(15)16/h2-6H,7H2,1H3,(H,15,16). The first kappa shape index (κ1) is 12.8. The number of benzene rings is 1. The molecule has 1 aromatic heterocycles. The van der Waals surface area contributed by atoms with Gasteiger partial charge in [0.2, 0.25) is 5.13 Å². The average molecular weight is 281 g/mol. The molecular weight excluding hydrogens is 270 g/mol. The van der Waals surface area contributed by atoms with Crippen LogP contribution in [-0.4, -0.2) is 34.1 Å². The van der Waals surface area contributed by atoms with Gasteiger partial charge in [-0.2, -0.15) is 0 Å². The molecule has 0 unspecified atom stereocenters. The summed E-state index contributed by atoms with van der Waals surface area (Å²) >= 11 is 2.56. The lowest BCUT2D eigenvalue weighted by Crippen LogP contribution is -2.08. The second-order valence-corrected chi connectivity index (χ2v) is 5.61. The van der Waals surface area contributed by atoms with Gasteiger partial charge < -0.3 is 10.0 Å². The third-order valence-corrected chi connectivity index (χ3v) is 4.26. The molecule has 1 heterocycles. The van der Waals surface area contributed by atoms with Gasteiger partial charge in [0.1, 0.15) is 0 Å². The summed E-state index contributed by atoms with van der Waals surface area (Å²) in [5.41, 5.74) is 1.02. The molecule has 0 atom stereocenters. The number of anilines is 2. The molecule has 0 amide bonds. The molecule has 0 aliphatic carbocycles. The van der Waals surface area contributed by atoms with Crippen LogP contribution in [0.2, 0.25) is 0 Å². The smallest absolute Gasteiger partial charge is 0.313 e. The summed E-state index contributed by atoms with van der Waals surface area (Å²) in [7, 11) is 1.90. The summed E-state index contributed by atoms with van der Waals surface area (Å²) in [5, 5.41) is 17.4. The van der Waals surface area contributed by atoms with Gasteiger partial charge in [-0.15, -0.1) is 10.2 Å². The van der Waals surface area contributed by atoms with E-state index in [2.05, 4.69) is 10.2 Å². The number of carbonyl (C=O) groups is 1. The van der Waals surface area contributed by atoms with Crippen molar-refractivity contribution in [1.82, 2.24) is 10.2 Å². The zero-order chi connectivity index (χ0) is 13.0. The lowest BCUT2D eigenvalue weighted by Gasteiger charge is -2.14. The van der Waals surface area contributed by atoms with Crippen molar-refractivity contribution in [3.05, 3.63) is 30.3 Å². The maximum absolute atomic E-state index is 10.5. The van der Waals surface area contributed by atoms with Gasteiger partial charge in [-0.1, -0.05) is 41.3 Å². The third-order valence-electron chi connectivity index (χ3n) is 2.15. The highest BCUT2D eigenvalue weighted by Gasteiger charge is 2.11. The van der Waals surface area contributed by atoms with Crippen LogP contribution >= 0.6 is 23.1 Å². The number of thioether (sulfide) groups is 1. The molecule has 2 rings (SSSR count). The fraction of sp³-hybridized carbons (Fsp3) is 0.182. The van der Waals surface area contributed by atoms with Crippen LogP contribution in [-0.2, 0) is 4.79 Å². The Morgan fingerprint density at radius 3 is 2.78 bits per heavy atom. The molecular formula is C11H11N3O2S2. The molecule has 2 aromatic rings. The first-order valence-electron chi connectivity index (χ1n) is 5.13. The highest BCUT2D eigenvalue weighted by molar-refractivity contribution is 8.01. The Hall–Kier alpha value is -1.60. The molecule has 0 saturated heterocycles. The van der Waals surface area contributed by atoms with Crippen LogP contribution in [0.15, 0.2) is 34.7 Å². The van der Waals surface area contributed by atoms with E-state index in [1.807, 2.05) is 42.3 Å². The lowest BCUT2D eigenvalue weighted by atomic mass is 10.3. The largest absolute Gasteiger partial charge is 0.481 e. The van der Waals surface area contributed by atoms with E-state index in [4.69, 9.17) is 5.11 Å². The van der Waals surface area contributed by atoms with Crippen molar-refractivity contribution in [3.8, 4) is 0 Å². The van der Waals surface area contributed by atoms with E-state index in [9.17, 15) is 4.79 Å². The molecule has 0 radical (unpaired) electrons. The van der Waals surface area contributed by atoms with Gasteiger partial charge in [0, 0.05) is 12.7 Å². The van der Waals surface area contributed by atoms with Crippen molar-refractivity contribution >= 4 is 39.9 Å². The normalized spacial score (nSPS) is 10.3. The second kappa shape index (κ2) is 5.83. The molecule has 0 fully saturated rings. The number of para-hydroxylation sites is 1. The summed E-state index contributed by atoms with van der Waals surface area (Å²) in [6.07, 6.45) is 0. The predicted molar refractivity (Wildman–Crippen MR) is 72.8 cm³/mol. The van der Waals surface area contributed by atoms with E-state index in [1.54, 1.807) is 0 Å². The first-order chi connectivity index (χ1) is 8.66. The van der Waals surface area contributed by atoms with Crippen molar-refractivity contribution in [3.63, 3.8) is 0 Å². The Labute approximate surface area is 112 Å². The van der Waals surface area contributed by atoms with Crippen LogP contribution in [0.4, 0.5) is 10.8 Å². The fourth-order valence-corrected chi connectivity index (χ4v) is 2.83. The maximum Gasteiger partial charge on any atom is 0.313 e. The SMILES string of the molecule is CN(c1ccccc1)c1nnc(SCC(=O)O)s1. The van der Waals surface area contributed by atoms with E-state index >= 15 is 0 Å². The minimum Gasteiger partial charge on any atom is -0.481 e. The highest BCUT2D eigenvalue weighted by Crippen LogP contribution is 2.30. The van der Waals surface area contributed by atoms with Crippen molar-refractivity contribution < 1.29 is 9.90 Å². The van der Waals surface area contributed by atoms with Gasteiger partial charge in [-0.05, 0) is 12.1 Å². The fourth-order valence-electron chi connectivity index (χ4n) is 1.28. The molecule has 0 saturated carbocycles. The number of carboxylic acid groups (broad SMARTS) is 1. The van der Waals surface area contributed by atoms with E-state index < -0.39 is 5.97 Å². The minimum absolute atomic E-state index is 0.00366. The predicted octanol–water partition coefficient (Wildman–Crippen LogP) is 2.48. The van der Waals surface area contributed by atoms with Gasteiger partial charge in [-0.3, -0.25) is 4.79 Å². The third kappa shape index (κ3) is 3.21. The van der Waals surface area contributed by atoms with Crippen LogP contribution in [0.5, 0.6) is 0 Å². The highest BCUT2D eigenvalue weighted by atomic mass is 32.2. The number of hydrogen-bond donors (Lipinski definition) is 1.